The summed E-state index contributed by atoms with van der Waals surface area (Å²) in [7, 11) is -4.27. The van der Waals surface area contributed by atoms with Gasteiger partial charge in [0.1, 0.15) is 18.2 Å². The van der Waals surface area contributed by atoms with Gasteiger partial charge in [-0.25, -0.2) is 13.6 Å². The number of aromatic amines is 1. The van der Waals surface area contributed by atoms with Gasteiger partial charge in [-0.15, -0.1) is 3.98 Å². The molecule has 0 saturated heterocycles. The van der Waals surface area contributed by atoms with E-state index in [1.807, 2.05) is 0 Å². The molecule has 1 heterocycles. The maximum Gasteiger partial charge on any atom is 0.398 e. The van der Waals surface area contributed by atoms with Crippen molar-refractivity contribution >= 4 is 39.9 Å². The molecule has 0 spiro atoms. The van der Waals surface area contributed by atoms with E-state index < -0.39 is 56.2 Å². The average Bonchev–Trinajstić information content (AvgIpc) is 2.79. The minimum Gasteiger partial charge on any atom is -0.506 e. The lowest BCUT2D eigenvalue weighted by atomic mass is 9.90. The van der Waals surface area contributed by atoms with E-state index in [9.17, 15) is 37.0 Å². The topological polar surface area (TPSA) is 155 Å². The molecule has 1 aromatic heterocycles. The highest BCUT2D eigenvalue weighted by atomic mass is 35.5. The number of phenols is 1. The Balaban J connectivity index is 1.68. The fourth-order valence-corrected chi connectivity index (χ4v) is 5.46. The minimum absolute atomic E-state index is 0.103. The Labute approximate surface area is 216 Å². The summed E-state index contributed by atoms with van der Waals surface area (Å²) < 4.78 is 58.9. The Morgan fingerprint density at radius 2 is 1.81 bits per heavy atom. The third-order valence-corrected chi connectivity index (χ3v) is 7.88. The number of benzene rings is 2. The number of aliphatic hydroxyl groups is 1. The van der Waals surface area contributed by atoms with E-state index >= 15 is 0 Å². The monoisotopic (exact) mass is 577 g/mol. The SMILES string of the molecule is C=[N+](C1CC(O)C1)S(=O)(=O)c1cc(Oc2c(Cl)cc(-n3nc(C(F)F)c(=O)[nH]c3=O)cc2Cl)ccc1O. The first-order valence-electron chi connectivity index (χ1n) is 10.3. The van der Waals surface area contributed by atoms with Crippen LogP contribution in [0, 0.1) is 0 Å². The van der Waals surface area contributed by atoms with Crippen molar-refractivity contribution in [1.29, 1.82) is 0 Å². The second kappa shape index (κ2) is 9.85. The number of H-pyrrole nitrogens is 1. The Morgan fingerprint density at radius 3 is 2.38 bits per heavy atom. The zero-order valence-corrected chi connectivity index (χ0v) is 20.8. The van der Waals surface area contributed by atoms with Crippen LogP contribution in [0.3, 0.4) is 0 Å². The van der Waals surface area contributed by atoms with E-state index in [4.69, 9.17) is 27.9 Å². The van der Waals surface area contributed by atoms with Crippen molar-refractivity contribution in [3.8, 4) is 22.9 Å². The van der Waals surface area contributed by atoms with E-state index in [1.54, 1.807) is 4.98 Å². The molecule has 1 aliphatic rings. The molecule has 0 radical (unpaired) electrons. The predicted octanol–water partition coefficient (Wildman–Crippen LogP) is 2.59. The molecule has 11 nitrogen and oxygen atoms in total. The summed E-state index contributed by atoms with van der Waals surface area (Å²) in [5.74, 6) is -0.873. The Bertz CT molecular complexity index is 1610. The molecule has 0 aliphatic heterocycles. The van der Waals surface area contributed by atoms with Gasteiger partial charge in [0.25, 0.3) is 12.0 Å². The molecule has 1 aliphatic carbocycles. The Kier molecular flexibility index (Phi) is 7.12. The van der Waals surface area contributed by atoms with Gasteiger partial charge in [-0.3, -0.25) is 9.78 Å². The largest absolute Gasteiger partial charge is 0.506 e. The fraction of sp³-hybridized carbons (Fsp3) is 0.238. The predicted molar refractivity (Wildman–Crippen MR) is 127 cm³/mol. The van der Waals surface area contributed by atoms with Crippen LogP contribution in [0.25, 0.3) is 5.69 Å². The molecule has 0 unspecified atom stereocenters. The zero-order chi connectivity index (χ0) is 27.2. The van der Waals surface area contributed by atoms with Crippen molar-refractivity contribution in [3.05, 3.63) is 66.9 Å². The van der Waals surface area contributed by atoms with Crippen LogP contribution < -0.4 is 16.0 Å². The van der Waals surface area contributed by atoms with Crippen LogP contribution in [-0.4, -0.2) is 56.2 Å². The van der Waals surface area contributed by atoms with Gasteiger partial charge in [0, 0.05) is 18.9 Å². The Morgan fingerprint density at radius 1 is 1.19 bits per heavy atom. The number of hydrogen-bond acceptors (Lipinski definition) is 8. The lowest BCUT2D eigenvalue weighted by Crippen LogP contribution is -2.43. The number of aliphatic hydroxyl groups excluding tert-OH is 1. The van der Waals surface area contributed by atoms with Crippen molar-refractivity contribution in [2.75, 3.05) is 0 Å². The van der Waals surface area contributed by atoms with Gasteiger partial charge in [0.05, 0.1) is 21.8 Å². The normalized spacial score (nSPS) is 17.5. The lowest BCUT2D eigenvalue weighted by Gasteiger charge is -2.27. The highest BCUT2D eigenvalue weighted by Gasteiger charge is 2.43. The van der Waals surface area contributed by atoms with Crippen molar-refractivity contribution < 1.29 is 36.1 Å². The molecule has 37 heavy (non-hydrogen) atoms. The highest BCUT2D eigenvalue weighted by Crippen LogP contribution is 2.40. The number of nitrogens with zero attached hydrogens (tertiary/aromatic N) is 3. The number of phenolic OH excluding ortho intramolecular Hbond substituents is 1. The van der Waals surface area contributed by atoms with E-state index in [0.717, 1.165) is 28.2 Å². The third kappa shape index (κ3) is 5.09. The number of alkyl halides is 2. The standard InChI is InChI=1S/C21H16Cl2F2N4O7S/c1-28(9-4-11(30)5-9)37(34,35)16-8-12(2-3-15(16)31)36-18-13(22)6-10(7-14(18)23)29-21(33)26-20(32)17(27-29)19(24)25/h2-3,6-9,11,19,30H,1,4-5H2,(H-,26,31,32,33)/p+1. The van der Waals surface area contributed by atoms with Crippen LogP contribution in [0.1, 0.15) is 25.0 Å². The number of ether oxygens (including phenoxy) is 1. The summed E-state index contributed by atoms with van der Waals surface area (Å²) in [6, 6.07) is 4.97. The van der Waals surface area contributed by atoms with E-state index in [1.165, 1.54) is 6.07 Å². The highest BCUT2D eigenvalue weighted by molar-refractivity contribution is 7.85. The van der Waals surface area contributed by atoms with Crippen LogP contribution in [-0.2, 0) is 10.0 Å². The number of aromatic hydroxyl groups is 1. The quantitative estimate of drug-likeness (QED) is 0.286. The average molecular weight is 578 g/mol. The molecule has 3 N–H and O–H groups in total. The molecule has 16 heteroatoms. The molecule has 2 aromatic carbocycles. The van der Waals surface area contributed by atoms with Crippen LogP contribution >= 0.6 is 23.2 Å². The summed E-state index contributed by atoms with van der Waals surface area (Å²) in [5.41, 5.74) is -3.84. The van der Waals surface area contributed by atoms with Crippen LogP contribution in [0.2, 0.25) is 10.0 Å². The summed E-state index contributed by atoms with van der Waals surface area (Å²) >= 11 is 12.5. The lowest BCUT2D eigenvalue weighted by molar-refractivity contribution is -0.434. The smallest absolute Gasteiger partial charge is 0.398 e. The number of sulfonamides is 1. The first-order valence-corrected chi connectivity index (χ1v) is 12.5. The van der Waals surface area contributed by atoms with Gasteiger partial charge < -0.3 is 14.9 Å². The van der Waals surface area contributed by atoms with Crippen molar-refractivity contribution in [1.82, 2.24) is 14.8 Å². The van der Waals surface area contributed by atoms with Gasteiger partial charge in [-0.1, -0.05) is 23.2 Å². The molecule has 0 atom stereocenters. The Hall–Kier alpha value is -3.33. The van der Waals surface area contributed by atoms with Crippen molar-refractivity contribution in [2.45, 2.75) is 36.3 Å². The van der Waals surface area contributed by atoms with Gasteiger partial charge in [0.15, 0.2) is 22.4 Å². The number of rotatable bonds is 7. The van der Waals surface area contributed by atoms with Crippen LogP contribution in [0.15, 0.2) is 44.8 Å². The molecule has 0 amide bonds. The first kappa shape index (κ1) is 26.7. The summed E-state index contributed by atoms with van der Waals surface area (Å²) in [6.07, 6.45) is -3.50. The fourth-order valence-electron chi connectivity index (χ4n) is 3.50. The molecule has 196 valence electrons. The minimum atomic E-state index is -4.27. The molecule has 1 fully saturated rings. The number of hydrogen-bond donors (Lipinski definition) is 3. The van der Waals surface area contributed by atoms with Crippen LogP contribution in [0.4, 0.5) is 8.78 Å². The zero-order valence-electron chi connectivity index (χ0n) is 18.4. The van der Waals surface area contributed by atoms with Gasteiger partial charge in [-0.2, -0.15) is 18.2 Å². The molecular weight excluding hydrogens is 561 g/mol. The molecular formula is C21H17Cl2F2N4O7S+. The molecule has 3 aromatic rings. The second-order valence-electron chi connectivity index (χ2n) is 8.00. The second-order valence-corrected chi connectivity index (χ2v) is 10.7. The van der Waals surface area contributed by atoms with E-state index in [0.29, 0.717) is 4.68 Å². The summed E-state index contributed by atoms with van der Waals surface area (Å²) in [6.45, 7) is 3.53. The number of aromatic nitrogens is 3. The third-order valence-electron chi connectivity index (χ3n) is 5.52. The molecule has 1 saturated carbocycles. The maximum absolute atomic E-state index is 13.1. The van der Waals surface area contributed by atoms with E-state index in [-0.39, 0.29) is 40.1 Å². The van der Waals surface area contributed by atoms with Crippen molar-refractivity contribution in [3.63, 3.8) is 0 Å². The van der Waals surface area contributed by atoms with Gasteiger partial charge in [-0.05, 0) is 24.3 Å². The molecule has 4 rings (SSSR count). The van der Waals surface area contributed by atoms with Gasteiger partial charge >= 0.3 is 15.7 Å². The first-order chi connectivity index (χ1) is 17.3. The summed E-state index contributed by atoms with van der Waals surface area (Å²) in [4.78, 5) is 24.8. The van der Waals surface area contributed by atoms with Gasteiger partial charge in [0.2, 0.25) is 0 Å². The maximum atomic E-state index is 13.1. The number of halogens is 4. The summed E-state index contributed by atoms with van der Waals surface area (Å²) in [5, 5.41) is 22.6. The number of nitrogens with one attached hydrogen (secondary N) is 1. The molecule has 0 bridgehead atoms. The van der Waals surface area contributed by atoms with E-state index in [2.05, 4.69) is 11.8 Å². The van der Waals surface area contributed by atoms with Crippen molar-refractivity contribution in [2.24, 2.45) is 0 Å². The van der Waals surface area contributed by atoms with Crippen LogP contribution in [0.5, 0.6) is 17.2 Å².